The minimum Gasteiger partial charge on any atom is -0.377 e. The number of benzene rings is 1. The molecule has 3 nitrogen and oxygen atoms in total. The van der Waals surface area contributed by atoms with Crippen molar-refractivity contribution in [1.29, 1.82) is 0 Å². The Kier molecular flexibility index (Phi) is 4.45. The van der Waals surface area contributed by atoms with E-state index in [1.807, 2.05) is 50.7 Å². The molecule has 1 amide bonds. The highest BCUT2D eigenvalue weighted by Crippen LogP contribution is 2.23. The molecule has 0 atom stereocenters. The monoisotopic (exact) mass is 288 g/mol. The number of carbonyl (C=O) groups is 1. The number of carbonyl (C=O) groups excluding carboxylic acids is 1. The Hall–Kier alpha value is -1.81. The molecule has 0 saturated carbocycles. The molecule has 4 heteroatoms. The van der Waals surface area contributed by atoms with Crippen LogP contribution in [-0.4, -0.2) is 20.0 Å². The normalized spacial score (nSPS) is 10.4. The first kappa shape index (κ1) is 14.6. The quantitative estimate of drug-likeness (QED) is 0.924. The number of amides is 1. The van der Waals surface area contributed by atoms with Crippen molar-refractivity contribution in [3.8, 4) is 0 Å². The zero-order chi connectivity index (χ0) is 14.7. The summed E-state index contributed by atoms with van der Waals surface area (Å²) in [5.74, 6) is -0.0196. The zero-order valence-corrected chi connectivity index (χ0v) is 13.2. The van der Waals surface area contributed by atoms with Crippen molar-refractivity contribution in [2.45, 2.75) is 20.3 Å². The van der Waals surface area contributed by atoms with Gasteiger partial charge < -0.3 is 10.2 Å². The lowest BCUT2D eigenvalue weighted by Crippen LogP contribution is -2.13. The third-order valence-corrected chi connectivity index (χ3v) is 4.23. The van der Waals surface area contributed by atoms with Crippen molar-refractivity contribution in [2.24, 2.45) is 0 Å². The fraction of sp³-hybridized carbons (Fsp3) is 0.312. The molecular formula is C16H20N2OS. The first-order valence-electron chi connectivity index (χ1n) is 6.68. The van der Waals surface area contributed by atoms with Crippen LogP contribution in [0.5, 0.6) is 0 Å². The van der Waals surface area contributed by atoms with Crippen LogP contribution in [-0.2, 0) is 6.42 Å². The predicted molar refractivity (Wildman–Crippen MR) is 87.2 cm³/mol. The molecule has 2 aromatic rings. The second-order valence-electron chi connectivity index (χ2n) is 4.98. The van der Waals surface area contributed by atoms with E-state index in [4.69, 9.17) is 0 Å². The predicted octanol–water partition coefficient (Wildman–Crippen LogP) is 3.94. The average molecular weight is 288 g/mol. The van der Waals surface area contributed by atoms with Crippen LogP contribution in [0.1, 0.15) is 27.7 Å². The number of rotatable bonds is 4. The third kappa shape index (κ3) is 3.02. The summed E-state index contributed by atoms with van der Waals surface area (Å²) in [6.07, 6.45) is 0.880. The van der Waals surface area contributed by atoms with Gasteiger partial charge in [-0.25, -0.2) is 0 Å². The Morgan fingerprint density at radius 2 is 2.05 bits per heavy atom. The first-order chi connectivity index (χ1) is 9.52. The second kappa shape index (κ2) is 6.09. The Balaban J connectivity index is 2.18. The fourth-order valence-electron chi connectivity index (χ4n) is 2.24. The molecule has 0 fully saturated rings. The molecular weight excluding hydrogens is 268 g/mol. The van der Waals surface area contributed by atoms with E-state index in [0.717, 1.165) is 33.8 Å². The van der Waals surface area contributed by atoms with Crippen LogP contribution >= 0.6 is 11.3 Å². The van der Waals surface area contributed by atoms with Crippen molar-refractivity contribution < 1.29 is 4.79 Å². The van der Waals surface area contributed by atoms with Crippen molar-refractivity contribution >= 4 is 28.6 Å². The largest absolute Gasteiger partial charge is 0.377 e. The van der Waals surface area contributed by atoms with Gasteiger partial charge in [-0.1, -0.05) is 6.92 Å². The van der Waals surface area contributed by atoms with Crippen LogP contribution in [0.3, 0.4) is 0 Å². The molecule has 1 heterocycles. The topological polar surface area (TPSA) is 32.3 Å². The smallest absolute Gasteiger partial charge is 0.266 e. The maximum atomic E-state index is 12.3. The molecule has 0 unspecified atom stereocenters. The van der Waals surface area contributed by atoms with Gasteiger partial charge in [-0.3, -0.25) is 4.79 Å². The molecule has 0 aliphatic rings. The van der Waals surface area contributed by atoms with Gasteiger partial charge in [-0.2, -0.15) is 0 Å². The van der Waals surface area contributed by atoms with Gasteiger partial charge >= 0.3 is 0 Å². The SMILES string of the molecule is CCc1ccsc1C(=O)Nc1ccc(N(C)C)c(C)c1. The van der Waals surface area contributed by atoms with Crippen molar-refractivity contribution in [3.05, 3.63) is 45.6 Å². The van der Waals surface area contributed by atoms with E-state index in [1.54, 1.807) is 0 Å². The molecule has 0 saturated heterocycles. The van der Waals surface area contributed by atoms with Crippen molar-refractivity contribution in [1.82, 2.24) is 0 Å². The molecule has 1 N–H and O–H groups in total. The third-order valence-electron chi connectivity index (χ3n) is 3.27. The number of thiophene rings is 1. The molecule has 0 spiro atoms. The van der Waals surface area contributed by atoms with E-state index in [9.17, 15) is 4.79 Å². The summed E-state index contributed by atoms with van der Waals surface area (Å²) >= 11 is 1.49. The van der Waals surface area contributed by atoms with Gasteiger partial charge in [0.15, 0.2) is 0 Å². The standard InChI is InChI=1S/C16H20N2OS/c1-5-12-8-9-20-15(12)16(19)17-13-6-7-14(18(3)4)11(2)10-13/h6-10H,5H2,1-4H3,(H,17,19). The van der Waals surface area contributed by atoms with E-state index < -0.39 is 0 Å². The van der Waals surface area contributed by atoms with Crippen LogP contribution in [0.4, 0.5) is 11.4 Å². The van der Waals surface area contributed by atoms with Crippen molar-refractivity contribution in [3.63, 3.8) is 0 Å². The number of nitrogens with zero attached hydrogens (tertiary/aromatic N) is 1. The first-order valence-corrected chi connectivity index (χ1v) is 7.56. The van der Waals surface area contributed by atoms with Gasteiger partial charge in [0, 0.05) is 25.5 Å². The van der Waals surface area contributed by atoms with Crippen LogP contribution in [0.2, 0.25) is 0 Å². The summed E-state index contributed by atoms with van der Waals surface area (Å²) in [6, 6.07) is 7.99. The lowest BCUT2D eigenvalue weighted by Gasteiger charge is -2.16. The summed E-state index contributed by atoms with van der Waals surface area (Å²) in [4.78, 5) is 15.1. The number of anilines is 2. The summed E-state index contributed by atoms with van der Waals surface area (Å²) in [6.45, 7) is 4.11. The molecule has 0 bridgehead atoms. The van der Waals surface area contributed by atoms with Gasteiger partial charge in [0.05, 0.1) is 4.88 Å². The van der Waals surface area contributed by atoms with Gasteiger partial charge in [0.2, 0.25) is 0 Å². The molecule has 2 rings (SSSR count). The van der Waals surface area contributed by atoms with Crippen LogP contribution in [0, 0.1) is 6.92 Å². The highest BCUT2D eigenvalue weighted by atomic mass is 32.1. The van der Waals surface area contributed by atoms with Gasteiger partial charge in [0.25, 0.3) is 5.91 Å². The van der Waals surface area contributed by atoms with Gasteiger partial charge in [0.1, 0.15) is 0 Å². The number of hydrogen-bond donors (Lipinski definition) is 1. The molecule has 0 aliphatic carbocycles. The highest BCUT2D eigenvalue weighted by molar-refractivity contribution is 7.12. The van der Waals surface area contributed by atoms with Crippen LogP contribution in [0.25, 0.3) is 0 Å². The molecule has 0 radical (unpaired) electrons. The van der Waals surface area contributed by atoms with Crippen LogP contribution in [0.15, 0.2) is 29.6 Å². The maximum absolute atomic E-state index is 12.3. The summed E-state index contributed by atoms with van der Waals surface area (Å²) < 4.78 is 0. The van der Waals surface area contributed by atoms with E-state index in [2.05, 4.69) is 17.1 Å². The average Bonchev–Trinajstić information content (AvgIpc) is 2.86. The molecule has 1 aromatic heterocycles. The molecule has 0 aliphatic heterocycles. The molecule has 1 aromatic carbocycles. The van der Waals surface area contributed by atoms with Gasteiger partial charge in [-0.05, 0) is 54.1 Å². The van der Waals surface area contributed by atoms with E-state index in [-0.39, 0.29) is 5.91 Å². The Morgan fingerprint density at radius 3 is 2.65 bits per heavy atom. The lowest BCUT2D eigenvalue weighted by molar-refractivity contribution is 0.103. The number of aryl methyl sites for hydroxylation is 2. The van der Waals surface area contributed by atoms with Crippen molar-refractivity contribution in [2.75, 3.05) is 24.3 Å². The summed E-state index contributed by atoms with van der Waals surface area (Å²) in [7, 11) is 4.03. The Bertz CT molecular complexity index is 617. The Morgan fingerprint density at radius 1 is 1.30 bits per heavy atom. The van der Waals surface area contributed by atoms with E-state index >= 15 is 0 Å². The lowest BCUT2D eigenvalue weighted by atomic mass is 10.1. The second-order valence-corrected chi connectivity index (χ2v) is 5.89. The number of hydrogen-bond acceptors (Lipinski definition) is 3. The maximum Gasteiger partial charge on any atom is 0.266 e. The summed E-state index contributed by atoms with van der Waals surface area (Å²) in [5.41, 5.74) is 4.26. The minimum atomic E-state index is -0.0196. The van der Waals surface area contributed by atoms with E-state index in [0.29, 0.717) is 0 Å². The summed E-state index contributed by atoms with van der Waals surface area (Å²) in [5, 5.41) is 4.95. The minimum absolute atomic E-state index is 0.0196. The zero-order valence-electron chi connectivity index (χ0n) is 12.4. The fourth-order valence-corrected chi connectivity index (χ4v) is 3.13. The van der Waals surface area contributed by atoms with Gasteiger partial charge in [-0.15, -0.1) is 11.3 Å². The number of nitrogens with one attached hydrogen (secondary N) is 1. The van der Waals surface area contributed by atoms with E-state index in [1.165, 1.54) is 11.3 Å². The molecule has 20 heavy (non-hydrogen) atoms. The molecule has 106 valence electrons. The van der Waals surface area contributed by atoms with Crippen LogP contribution < -0.4 is 10.2 Å². The Labute approximate surface area is 124 Å². The highest BCUT2D eigenvalue weighted by Gasteiger charge is 2.12.